The van der Waals surface area contributed by atoms with Gasteiger partial charge in [0.25, 0.3) is 0 Å². The highest BCUT2D eigenvalue weighted by molar-refractivity contribution is 7.07. The van der Waals surface area contributed by atoms with Crippen LogP contribution < -0.4 is 14.3 Å². The third kappa shape index (κ3) is 3.81. The number of nitrogens with zero attached hydrogens (tertiary/aromatic N) is 3. The number of halogens is 2. The fraction of sp³-hybridized carbons (Fsp3) is 0.0909. The molecule has 0 N–H and O–H groups in total. The van der Waals surface area contributed by atoms with Gasteiger partial charge in [-0.3, -0.25) is 4.98 Å². The number of pyridine rings is 1. The molecule has 1 aliphatic heterocycles. The lowest BCUT2D eigenvalue weighted by Gasteiger charge is -2.12. The maximum absolute atomic E-state index is 6.51. The minimum atomic E-state index is 0.245. The van der Waals surface area contributed by atoms with Crippen LogP contribution in [0.1, 0.15) is 5.56 Å². The van der Waals surface area contributed by atoms with Gasteiger partial charge in [0.1, 0.15) is 0 Å². The smallest absolute Gasteiger partial charge is 0.231 e. The number of fused-ring (bicyclic) bond motifs is 1. The predicted octanol–water partition coefficient (Wildman–Crippen LogP) is 5.93. The first-order valence-corrected chi connectivity index (χ1v) is 10.8. The Morgan fingerprint density at radius 1 is 1.07 bits per heavy atom. The summed E-state index contributed by atoms with van der Waals surface area (Å²) in [5.74, 6) is 1.50. The molecule has 0 unspecified atom stereocenters. The minimum Gasteiger partial charge on any atom is -0.454 e. The Kier molecular flexibility index (Phi) is 5.21. The number of aromatic nitrogens is 2. The molecule has 1 aliphatic rings. The van der Waals surface area contributed by atoms with Crippen molar-refractivity contribution < 1.29 is 9.47 Å². The average molecular weight is 456 g/mol. The van der Waals surface area contributed by atoms with E-state index in [1.807, 2.05) is 41.8 Å². The van der Waals surface area contributed by atoms with E-state index in [0.29, 0.717) is 16.6 Å². The first-order valence-electron chi connectivity index (χ1n) is 9.14. The van der Waals surface area contributed by atoms with Gasteiger partial charge in [-0.05, 0) is 48.0 Å². The molecule has 8 heteroatoms. The van der Waals surface area contributed by atoms with Gasteiger partial charge >= 0.3 is 0 Å². The average Bonchev–Trinajstić information content (AvgIpc) is 3.38. The summed E-state index contributed by atoms with van der Waals surface area (Å²) >= 11 is 14.3. The quantitative estimate of drug-likeness (QED) is 0.383. The number of rotatable bonds is 4. The Labute approximate surface area is 186 Å². The lowest BCUT2D eigenvalue weighted by Crippen LogP contribution is -2.16. The van der Waals surface area contributed by atoms with Crippen molar-refractivity contribution in [2.24, 2.45) is 4.99 Å². The van der Waals surface area contributed by atoms with E-state index in [-0.39, 0.29) is 6.79 Å². The minimum absolute atomic E-state index is 0.245. The number of benzene rings is 2. The van der Waals surface area contributed by atoms with Crippen LogP contribution in [-0.2, 0) is 6.54 Å². The standard InChI is InChI=1S/C22H15Cl2N3O2S/c23-15-4-5-18(24)17(9-15)19-12-30-22(26-16-2-1-7-25-10-16)27(19)11-14-3-6-20-21(8-14)29-13-28-20/h1-10,12H,11,13H2. The molecule has 0 aliphatic carbocycles. The summed E-state index contributed by atoms with van der Waals surface area (Å²) in [6, 6.07) is 15.2. The zero-order valence-corrected chi connectivity index (χ0v) is 17.9. The van der Waals surface area contributed by atoms with Gasteiger partial charge < -0.3 is 14.0 Å². The molecule has 5 rings (SSSR count). The molecular formula is C22H15Cl2N3O2S. The number of hydrogen-bond donors (Lipinski definition) is 0. The van der Waals surface area contributed by atoms with Crippen LogP contribution in [0.5, 0.6) is 11.5 Å². The van der Waals surface area contributed by atoms with Crippen molar-refractivity contribution in [2.75, 3.05) is 6.79 Å². The van der Waals surface area contributed by atoms with Crippen LogP contribution >= 0.6 is 34.5 Å². The van der Waals surface area contributed by atoms with Crippen molar-refractivity contribution in [3.8, 4) is 22.8 Å². The largest absolute Gasteiger partial charge is 0.454 e. The molecule has 0 fully saturated rings. The van der Waals surface area contributed by atoms with E-state index in [9.17, 15) is 0 Å². The first-order chi connectivity index (χ1) is 14.7. The highest BCUT2D eigenvalue weighted by atomic mass is 35.5. The van der Waals surface area contributed by atoms with E-state index >= 15 is 0 Å². The second-order valence-electron chi connectivity index (χ2n) is 6.62. The molecule has 2 aromatic heterocycles. The molecule has 0 amide bonds. The summed E-state index contributed by atoms with van der Waals surface area (Å²) in [4.78, 5) is 9.78. The van der Waals surface area contributed by atoms with Crippen molar-refractivity contribution in [1.29, 1.82) is 0 Å². The van der Waals surface area contributed by atoms with E-state index in [1.54, 1.807) is 24.5 Å². The van der Waals surface area contributed by atoms with Crippen molar-refractivity contribution in [3.63, 3.8) is 0 Å². The van der Waals surface area contributed by atoms with Crippen molar-refractivity contribution in [1.82, 2.24) is 9.55 Å². The van der Waals surface area contributed by atoms with Crippen molar-refractivity contribution in [2.45, 2.75) is 6.54 Å². The number of thiazole rings is 1. The van der Waals surface area contributed by atoms with Crippen LogP contribution in [0.25, 0.3) is 11.3 Å². The Morgan fingerprint density at radius 3 is 2.83 bits per heavy atom. The maximum Gasteiger partial charge on any atom is 0.231 e. The van der Waals surface area contributed by atoms with Crippen LogP contribution in [0.4, 0.5) is 5.69 Å². The van der Waals surface area contributed by atoms with Gasteiger partial charge in [0.05, 0.1) is 29.1 Å². The normalized spacial score (nSPS) is 13.1. The summed E-state index contributed by atoms with van der Waals surface area (Å²) in [6.45, 7) is 0.826. The van der Waals surface area contributed by atoms with E-state index in [4.69, 9.17) is 37.7 Å². The Bertz CT molecular complexity index is 1290. The van der Waals surface area contributed by atoms with Gasteiger partial charge in [-0.25, -0.2) is 4.99 Å². The van der Waals surface area contributed by atoms with E-state index in [2.05, 4.69) is 9.55 Å². The summed E-state index contributed by atoms with van der Waals surface area (Å²) in [5, 5.41) is 3.30. The second-order valence-corrected chi connectivity index (χ2v) is 8.30. The monoisotopic (exact) mass is 455 g/mol. The summed E-state index contributed by atoms with van der Waals surface area (Å²) in [6.07, 6.45) is 3.46. The molecule has 0 saturated carbocycles. The van der Waals surface area contributed by atoms with Crippen molar-refractivity contribution >= 4 is 40.2 Å². The first kappa shape index (κ1) is 19.2. The highest BCUT2D eigenvalue weighted by Crippen LogP contribution is 2.34. The summed E-state index contributed by atoms with van der Waals surface area (Å²) < 4.78 is 13.1. The molecule has 0 atom stereocenters. The van der Waals surface area contributed by atoms with Gasteiger partial charge in [0.2, 0.25) is 6.79 Å². The molecule has 0 saturated heterocycles. The maximum atomic E-state index is 6.51. The molecule has 0 spiro atoms. The molecule has 2 aromatic carbocycles. The van der Waals surface area contributed by atoms with Crippen LogP contribution in [0.3, 0.4) is 0 Å². The molecule has 4 aromatic rings. The lowest BCUT2D eigenvalue weighted by molar-refractivity contribution is 0.174. The SMILES string of the molecule is Clc1ccc(Cl)c(-c2csc(=Nc3cccnc3)n2Cc2ccc3c(c2)OCO3)c1. The topological polar surface area (TPSA) is 48.6 Å². The summed E-state index contributed by atoms with van der Waals surface area (Å²) in [7, 11) is 0. The molecule has 0 bridgehead atoms. The fourth-order valence-corrected chi connectivity index (χ4v) is 4.54. The van der Waals surface area contributed by atoms with Crippen LogP contribution in [-0.4, -0.2) is 16.3 Å². The molecule has 30 heavy (non-hydrogen) atoms. The van der Waals surface area contributed by atoms with E-state index < -0.39 is 0 Å². The molecule has 3 heterocycles. The van der Waals surface area contributed by atoms with Crippen LogP contribution in [0, 0.1) is 0 Å². The van der Waals surface area contributed by atoms with Crippen molar-refractivity contribution in [3.05, 3.63) is 86.7 Å². The molecule has 0 radical (unpaired) electrons. The van der Waals surface area contributed by atoms with E-state index in [0.717, 1.165) is 38.8 Å². The van der Waals surface area contributed by atoms with E-state index in [1.165, 1.54) is 11.3 Å². The Hall–Kier alpha value is -2.80. The third-order valence-corrected chi connectivity index (χ3v) is 6.08. The Morgan fingerprint density at radius 2 is 1.97 bits per heavy atom. The number of ether oxygens (including phenoxy) is 2. The lowest BCUT2D eigenvalue weighted by atomic mass is 10.1. The Balaban J connectivity index is 1.65. The fourth-order valence-electron chi connectivity index (χ4n) is 3.23. The number of hydrogen-bond acceptors (Lipinski definition) is 5. The zero-order chi connectivity index (χ0) is 20.5. The van der Waals surface area contributed by atoms with Gasteiger partial charge in [-0.15, -0.1) is 11.3 Å². The molecular weight excluding hydrogens is 441 g/mol. The molecule has 150 valence electrons. The van der Waals surface area contributed by atoms with Gasteiger partial charge in [-0.2, -0.15) is 0 Å². The van der Waals surface area contributed by atoms with Gasteiger partial charge in [0.15, 0.2) is 16.3 Å². The predicted molar refractivity (Wildman–Crippen MR) is 119 cm³/mol. The third-order valence-electron chi connectivity index (χ3n) is 4.65. The summed E-state index contributed by atoms with van der Waals surface area (Å²) in [5.41, 5.74) is 3.63. The highest BCUT2D eigenvalue weighted by Gasteiger charge is 2.16. The second kappa shape index (κ2) is 8.14. The van der Waals surface area contributed by atoms with Crippen LogP contribution in [0.15, 0.2) is 71.3 Å². The van der Waals surface area contributed by atoms with Gasteiger partial charge in [-0.1, -0.05) is 29.3 Å². The molecule has 5 nitrogen and oxygen atoms in total. The zero-order valence-electron chi connectivity index (χ0n) is 15.6. The van der Waals surface area contributed by atoms with Gasteiger partial charge in [0, 0.05) is 22.2 Å². The van der Waals surface area contributed by atoms with Crippen LogP contribution in [0.2, 0.25) is 10.0 Å².